The zero-order valence-electron chi connectivity index (χ0n) is 9.45. The number of pyridine rings is 1. The van der Waals surface area contributed by atoms with E-state index in [9.17, 15) is 5.21 Å². The molecule has 0 saturated heterocycles. The van der Waals surface area contributed by atoms with Crippen molar-refractivity contribution >= 4 is 0 Å². The van der Waals surface area contributed by atoms with Crippen molar-refractivity contribution in [2.45, 2.75) is 20.3 Å². The Hall–Kier alpha value is -1.29. The van der Waals surface area contributed by atoms with Crippen molar-refractivity contribution in [3.8, 4) is 5.75 Å². The Labute approximate surface area is 90.0 Å². The predicted octanol–water partition coefficient (Wildman–Crippen LogP) is 1.35. The van der Waals surface area contributed by atoms with E-state index in [1.807, 2.05) is 6.92 Å². The van der Waals surface area contributed by atoms with Crippen LogP contribution in [0.25, 0.3) is 0 Å². The van der Waals surface area contributed by atoms with E-state index in [-0.39, 0.29) is 0 Å². The molecule has 1 heterocycles. The van der Waals surface area contributed by atoms with Gasteiger partial charge in [0.15, 0.2) is 11.9 Å². The summed E-state index contributed by atoms with van der Waals surface area (Å²) in [5.41, 5.74) is 1.57. The zero-order chi connectivity index (χ0) is 11.3. The average Bonchev–Trinajstić information content (AvgIpc) is 2.24. The molecule has 1 rings (SSSR count). The zero-order valence-corrected chi connectivity index (χ0v) is 9.45. The first-order valence-electron chi connectivity index (χ1n) is 4.98. The minimum Gasteiger partial charge on any atom is -0.618 e. The molecule has 15 heavy (non-hydrogen) atoms. The van der Waals surface area contributed by atoms with Crippen LogP contribution in [-0.2, 0) is 4.74 Å². The van der Waals surface area contributed by atoms with Crippen LogP contribution < -0.4 is 9.47 Å². The van der Waals surface area contributed by atoms with E-state index in [0.717, 1.165) is 22.5 Å². The number of methoxy groups -OCH3 is 1. The maximum atomic E-state index is 11.2. The first-order chi connectivity index (χ1) is 7.16. The van der Waals surface area contributed by atoms with E-state index in [2.05, 4.69) is 0 Å². The van der Waals surface area contributed by atoms with Gasteiger partial charge in [-0.2, -0.15) is 4.73 Å². The van der Waals surface area contributed by atoms with Gasteiger partial charge in [-0.1, -0.05) is 0 Å². The minimum absolute atomic E-state index is 0.608. The van der Waals surface area contributed by atoms with Gasteiger partial charge in [-0.15, -0.1) is 0 Å². The van der Waals surface area contributed by atoms with Crippen LogP contribution in [0.1, 0.15) is 17.7 Å². The van der Waals surface area contributed by atoms with Crippen molar-refractivity contribution in [3.63, 3.8) is 0 Å². The fourth-order valence-electron chi connectivity index (χ4n) is 1.26. The van der Waals surface area contributed by atoms with Crippen molar-refractivity contribution in [3.05, 3.63) is 28.7 Å². The lowest BCUT2D eigenvalue weighted by Crippen LogP contribution is -2.30. The highest BCUT2D eigenvalue weighted by atomic mass is 16.5. The topological polar surface area (TPSA) is 45.4 Å². The Bertz CT molecular complexity index is 326. The molecule has 0 unspecified atom stereocenters. The quantitative estimate of drug-likeness (QED) is 0.419. The molecule has 0 atom stereocenters. The number of hydrogen-bond donors (Lipinski definition) is 0. The monoisotopic (exact) mass is 211 g/mol. The number of aromatic nitrogens is 1. The van der Waals surface area contributed by atoms with Crippen LogP contribution in [0.4, 0.5) is 0 Å². The van der Waals surface area contributed by atoms with Crippen LogP contribution in [0.15, 0.2) is 12.3 Å². The summed E-state index contributed by atoms with van der Waals surface area (Å²) in [7, 11) is 1.66. The summed E-state index contributed by atoms with van der Waals surface area (Å²) in [5.74, 6) is 0.774. The van der Waals surface area contributed by atoms with E-state index in [4.69, 9.17) is 9.47 Å². The van der Waals surface area contributed by atoms with E-state index in [1.165, 1.54) is 6.20 Å². The Balaban J connectivity index is 2.58. The third-order valence-corrected chi connectivity index (χ3v) is 2.35. The van der Waals surface area contributed by atoms with Crippen molar-refractivity contribution in [1.82, 2.24) is 0 Å². The van der Waals surface area contributed by atoms with Crippen molar-refractivity contribution in [2.24, 2.45) is 0 Å². The van der Waals surface area contributed by atoms with Gasteiger partial charge in [0.1, 0.15) is 5.75 Å². The normalized spacial score (nSPS) is 10.3. The molecular formula is C11H17NO3. The summed E-state index contributed by atoms with van der Waals surface area (Å²) < 4.78 is 11.3. The van der Waals surface area contributed by atoms with E-state index in [0.29, 0.717) is 18.9 Å². The molecule has 1 aromatic rings. The van der Waals surface area contributed by atoms with Gasteiger partial charge in [0.25, 0.3) is 0 Å². The highest BCUT2D eigenvalue weighted by molar-refractivity contribution is 5.31. The third kappa shape index (κ3) is 3.09. The van der Waals surface area contributed by atoms with Gasteiger partial charge < -0.3 is 14.7 Å². The van der Waals surface area contributed by atoms with Crippen molar-refractivity contribution < 1.29 is 14.2 Å². The summed E-state index contributed by atoms with van der Waals surface area (Å²) in [6.45, 7) is 4.96. The molecule has 84 valence electrons. The van der Waals surface area contributed by atoms with Gasteiger partial charge in [-0.25, -0.2) is 0 Å². The largest absolute Gasteiger partial charge is 0.618 e. The second kappa shape index (κ2) is 5.56. The molecule has 0 fully saturated rings. The minimum atomic E-state index is 0.608. The third-order valence-electron chi connectivity index (χ3n) is 2.35. The summed E-state index contributed by atoms with van der Waals surface area (Å²) in [6, 6.07) is 1.70. The van der Waals surface area contributed by atoms with Gasteiger partial charge in [0.2, 0.25) is 0 Å². The van der Waals surface area contributed by atoms with Crippen LogP contribution in [-0.4, -0.2) is 20.3 Å². The maximum absolute atomic E-state index is 11.2. The Morgan fingerprint density at radius 1 is 1.33 bits per heavy atom. The van der Waals surface area contributed by atoms with Crippen molar-refractivity contribution in [1.29, 1.82) is 0 Å². The standard InChI is InChI=1S/C11H17NO3/c1-9-10(2)12(13)6-5-11(9)15-8-4-7-14-3/h5-6H,4,7-8H2,1-3H3. The van der Waals surface area contributed by atoms with E-state index >= 15 is 0 Å². The molecule has 4 heteroatoms. The molecule has 1 aromatic heterocycles. The molecular weight excluding hydrogens is 194 g/mol. The molecule has 0 radical (unpaired) electrons. The molecule has 0 aliphatic rings. The Kier molecular flexibility index (Phi) is 4.37. The van der Waals surface area contributed by atoms with Gasteiger partial charge in [-0.3, -0.25) is 0 Å². The fraction of sp³-hybridized carbons (Fsp3) is 0.545. The number of nitrogens with zero attached hydrogens (tertiary/aromatic N) is 1. The maximum Gasteiger partial charge on any atom is 0.196 e. The molecule has 4 nitrogen and oxygen atoms in total. The van der Waals surface area contributed by atoms with Gasteiger partial charge in [0.05, 0.1) is 12.2 Å². The lowest BCUT2D eigenvalue weighted by molar-refractivity contribution is -0.612. The van der Waals surface area contributed by atoms with Crippen LogP contribution in [0.5, 0.6) is 5.75 Å². The van der Waals surface area contributed by atoms with Crippen LogP contribution in [0.2, 0.25) is 0 Å². The number of ether oxygens (including phenoxy) is 2. The van der Waals surface area contributed by atoms with Crippen LogP contribution in [0, 0.1) is 19.1 Å². The Morgan fingerprint density at radius 2 is 2.07 bits per heavy atom. The lowest BCUT2D eigenvalue weighted by atomic mass is 10.2. The van der Waals surface area contributed by atoms with E-state index < -0.39 is 0 Å². The smallest absolute Gasteiger partial charge is 0.196 e. The van der Waals surface area contributed by atoms with E-state index in [1.54, 1.807) is 20.1 Å². The molecule has 0 aliphatic heterocycles. The summed E-state index contributed by atoms with van der Waals surface area (Å²) >= 11 is 0. The first kappa shape index (κ1) is 11.8. The molecule has 0 spiro atoms. The van der Waals surface area contributed by atoms with Crippen molar-refractivity contribution in [2.75, 3.05) is 20.3 Å². The average molecular weight is 211 g/mol. The highest BCUT2D eigenvalue weighted by Crippen LogP contribution is 2.17. The summed E-state index contributed by atoms with van der Waals surface area (Å²) in [5, 5.41) is 11.2. The highest BCUT2D eigenvalue weighted by Gasteiger charge is 2.09. The predicted molar refractivity (Wildman–Crippen MR) is 56.9 cm³/mol. The number of hydrogen-bond acceptors (Lipinski definition) is 3. The second-order valence-corrected chi connectivity index (χ2v) is 3.41. The SMILES string of the molecule is COCCCOc1cc[n+]([O-])c(C)c1C. The van der Waals surface area contributed by atoms with Gasteiger partial charge in [0, 0.05) is 33.1 Å². The fourth-order valence-corrected chi connectivity index (χ4v) is 1.26. The first-order valence-corrected chi connectivity index (χ1v) is 4.98. The second-order valence-electron chi connectivity index (χ2n) is 3.41. The molecule has 0 aromatic carbocycles. The number of rotatable bonds is 5. The molecule has 0 amide bonds. The Morgan fingerprint density at radius 3 is 2.73 bits per heavy atom. The molecule has 0 saturated carbocycles. The summed E-state index contributed by atoms with van der Waals surface area (Å²) in [4.78, 5) is 0. The molecule has 0 aliphatic carbocycles. The van der Waals surface area contributed by atoms with Crippen LogP contribution in [0.3, 0.4) is 0 Å². The molecule has 0 bridgehead atoms. The summed E-state index contributed by atoms with van der Waals surface area (Å²) in [6.07, 6.45) is 2.31. The lowest BCUT2D eigenvalue weighted by Gasteiger charge is -2.10. The van der Waals surface area contributed by atoms with Crippen LogP contribution >= 0.6 is 0 Å². The molecule has 0 N–H and O–H groups in total. The van der Waals surface area contributed by atoms with Gasteiger partial charge >= 0.3 is 0 Å². The van der Waals surface area contributed by atoms with Gasteiger partial charge in [-0.05, 0) is 6.92 Å².